The standard InChI is InChI=1S/C12H14BrNO4/c1-12(2,3)18-11(17)14-7-4-5-9(13)8(6-7)10(15)16/h4-6H,1-3H3,(H,14,17)(H,15,16). The Hall–Kier alpha value is -1.56. The predicted octanol–water partition coefficient (Wildman–Crippen LogP) is 3.49. The smallest absolute Gasteiger partial charge is 0.412 e. The lowest BCUT2D eigenvalue weighted by Crippen LogP contribution is -2.27. The Balaban J connectivity index is 2.83. The van der Waals surface area contributed by atoms with Gasteiger partial charge in [-0.1, -0.05) is 0 Å². The maximum absolute atomic E-state index is 11.5. The molecular formula is C12H14BrNO4. The van der Waals surface area contributed by atoms with Crippen LogP contribution in [-0.2, 0) is 4.74 Å². The van der Waals surface area contributed by atoms with E-state index in [9.17, 15) is 9.59 Å². The van der Waals surface area contributed by atoms with Crippen LogP contribution in [0.2, 0.25) is 0 Å². The molecular weight excluding hydrogens is 302 g/mol. The fraction of sp³-hybridized carbons (Fsp3) is 0.333. The second-order valence-electron chi connectivity index (χ2n) is 4.63. The average molecular weight is 316 g/mol. The van der Waals surface area contributed by atoms with Gasteiger partial charge in [-0.05, 0) is 54.9 Å². The maximum Gasteiger partial charge on any atom is 0.412 e. The fourth-order valence-corrected chi connectivity index (χ4v) is 1.60. The number of ether oxygens (including phenoxy) is 1. The molecule has 0 aliphatic rings. The second-order valence-corrected chi connectivity index (χ2v) is 5.48. The molecule has 2 N–H and O–H groups in total. The maximum atomic E-state index is 11.5. The first-order valence-corrected chi connectivity index (χ1v) is 6.01. The lowest BCUT2D eigenvalue weighted by atomic mass is 10.2. The number of rotatable bonds is 2. The molecule has 0 heterocycles. The van der Waals surface area contributed by atoms with Gasteiger partial charge in [-0.3, -0.25) is 5.32 Å². The molecule has 0 saturated heterocycles. The van der Waals surface area contributed by atoms with Gasteiger partial charge in [-0.15, -0.1) is 0 Å². The first-order chi connectivity index (χ1) is 8.19. The number of hydrogen-bond donors (Lipinski definition) is 2. The van der Waals surface area contributed by atoms with Gasteiger partial charge in [-0.25, -0.2) is 9.59 Å². The first kappa shape index (κ1) is 14.5. The number of halogens is 1. The summed E-state index contributed by atoms with van der Waals surface area (Å²) in [6, 6.07) is 4.49. The van der Waals surface area contributed by atoms with Crippen LogP contribution in [0.4, 0.5) is 10.5 Å². The number of amides is 1. The van der Waals surface area contributed by atoms with Gasteiger partial charge in [0.2, 0.25) is 0 Å². The van der Waals surface area contributed by atoms with Gasteiger partial charge in [0.1, 0.15) is 5.60 Å². The minimum absolute atomic E-state index is 0.0727. The normalized spacial score (nSPS) is 10.9. The number of carbonyl (C=O) groups is 2. The third-order valence-electron chi connectivity index (χ3n) is 1.84. The van der Waals surface area contributed by atoms with Crippen molar-refractivity contribution in [3.05, 3.63) is 28.2 Å². The molecule has 1 aromatic carbocycles. The molecule has 0 saturated carbocycles. The summed E-state index contributed by atoms with van der Waals surface area (Å²) >= 11 is 3.12. The van der Waals surface area contributed by atoms with E-state index >= 15 is 0 Å². The van der Waals surface area contributed by atoms with Gasteiger partial charge in [0.15, 0.2) is 0 Å². The molecule has 0 spiro atoms. The van der Waals surface area contributed by atoms with Crippen molar-refractivity contribution in [3.63, 3.8) is 0 Å². The molecule has 1 amide bonds. The predicted molar refractivity (Wildman–Crippen MR) is 71.0 cm³/mol. The van der Waals surface area contributed by atoms with Crippen LogP contribution in [0, 0.1) is 0 Å². The van der Waals surface area contributed by atoms with E-state index in [0.29, 0.717) is 10.2 Å². The van der Waals surface area contributed by atoms with E-state index in [1.807, 2.05) is 0 Å². The molecule has 18 heavy (non-hydrogen) atoms. The van der Waals surface area contributed by atoms with Crippen LogP contribution in [-0.4, -0.2) is 22.8 Å². The highest BCUT2D eigenvalue weighted by atomic mass is 79.9. The van der Waals surface area contributed by atoms with E-state index in [0.717, 1.165) is 0 Å². The lowest BCUT2D eigenvalue weighted by Gasteiger charge is -2.19. The molecule has 0 aliphatic carbocycles. The van der Waals surface area contributed by atoms with Gasteiger partial charge < -0.3 is 9.84 Å². The largest absolute Gasteiger partial charge is 0.478 e. The molecule has 0 unspecified atom stereocenters. The first-order valence-electron chi connectivity index (χ1n) is 5.22. The van der Waals surface area contributed by atoms with E-state index in [1.165, 1.54) is 6.07 Å². The van der Waals surface area contributed by atoms with E-state index in [2.05, 4.69) is 21.2 Å². The van der Waals surface area contributed by atoms with Crippen LogP contribution in [0.15, 0.2) is 22.7 Å². The molecule has 5 nitrogen and oxygen atoms in total. The number of carboxylic acid groups (broad SMARTS) is 1. The molecule has 0 fully saturated rings. The van der Waals surface area contributed by atoms with Crippen LogP contribution >= 0.6 is 15.9 Å². The van der Waals surface area contributed by atoms with E-state index in [-0.39, 0.29) is 5.56 Å². The van der Waals surface area contributed by atoms with Gasteiger partial charge in [-0.2, -0.15) is 0 Å². The van der Waals surface area contributed by atoms with Gasteiger partial charge in [0.25, 0.3) is 0 Å². The van der Waals surface area contributed by atoms with Crippen molar-refractivity contribution in [1.82, 2.24) is 0 Å². The highest BCUT2D eigenvalue weighted by Gasteiger charge is 2.17. The van der Waals surface area contributed by atoms with Gasteiger partial charge in [0.05, 0.1) is 5.56 Å². The zero-order chi connectivity index (χ0) is 13.9. The van der Waals surface area contributed by atoms with Crippen molar-refractivity contribution in [2.45, 2.75) is 26.4 Å². The molecule has 1 rings (SSSR count). The summed E-state index contributed by atoms with van der Waals surface area (Å²) in [5.74, 6) is -1.07. The van der Waals surface area contributed by atoms with Gasteiger partial charge >= 0.3 is 12.1 Å². The quantitative estimate of drug-likeness (QED) is 0.875. The van der Waals surface area contributed by atoms with Crippen LogP contribution in [0.3, 0.4) is 0 Å². The van der Waals surface area contributed by atoms with E-state index in [1.54, 1.807) is 32.9 Å². The number of hydrogen-bond acceptors (Lipinski definition) is 3. The molecule has 98 valence electrons. The second kappa shape index (κ2) is 5.39. The number of nitrogens with one attached hydrogen (secondary N) is 1. The molecule has 0 atom stereocenters. The summed E-state index contributed by atoms with van der Waals surface area (Å²) in [6.07, 6.45) is -0.624. The van der Waals surface area contributed by atoms with Crippen LogP contribution in [0.25, 0.3) is 0 Å². The summed E-state index contributed by atoms with van der Waals surface area (Å²) in [4.78, 5) is 22.4. The number of aromatic carboxylic acids is 1. The Morgan fingerprint density at radius 3 is 2.44 bits per heavy atom. The Morgan fingerprint density at radius 1 is 1.33 bits per heavy atom. The summed E-state index contributed by atoms with van der Waals surface area (Å²) in [5, 5.41) is 11.4. The minimum Gasteiger partial charge on any atom is -0.478 e. The Bertz CT molecular complexity index is 479. The topological polar surface area (TPSA) is 75.6 Å². The zero-order valence-corrected chi connectivity index (χ0v) is 11.9. The molecule has 1 aromatic rings. The van der Waals surface area contributed by atoms with Crippen LogP contribution in [0.1, 0.15) is 31.1 Å². The van der Waals surface area contributed by atoms with Crippen molar-refractivity contribution < 1.29 is 19.4 Å². The zero-order valence-electron chi connectivity index (χ0n) is 10.3. The van der Waals surface area contributed by atoms with Crippen molar-refractivity contribution >= 4 is 33.7 Å². The summed E-state index contributed by atoms with van der Waals surface area (Å²) in [6.45, 7) is 5.24. The van der Waals surface area contributed by atoms with Crippen molar-refractivity contribution in [1.29, 1.82) is 0 Å². The van der Waals surface area contributed by atoms with Gasteiger partial charge in [0, 0.05) is 10.2 Å². The third kappa shape index (κ3) is 4.37. The molecule has 0 bridgehead atoms. The number of anilines is 1. The Kier molecular flexibility index (Phi) is 4.34. The van der Waals surface area contributed by atoms with Crippen molar-refractivity contribution in [3.8, 4) is 0 Å². The molecule has 0 radical (unpaired) electrons. The van der Waals surface area contributed by atoms with E-state index < -0.39 is 17.7 Å². The number of carbonyl (C=O) groups excluding carboxylic acids is 1. The third-order valence-corrected chi connectivity index (χ3v) is 2.53. The number of carboxylic acids is 1. The fourth-order valence-electron chi connectivity index (χ4n) is 1.19. The summed E-state index contributed by atoms with van der Waals surface area (Å²) < 4.78 is 5.51. The minimum atomic E-state index is -1.07. The monoisotopic (exact) mass is 315 g/mol. The average Bonchev–Trinajstić information content (AvgIpc) is 2.17. The van der Waals surface area contributed by atoms with Crippen molar-refractivity contribution in [2.75, 3.05) is 5.32 Å². The number of benzene rings is 1. The Labute approximate surface area is 113 Å². The summed E-state index contributed by atoms with van der Waals surface area (Å²) in [5.41, 5.74) is -0.164. The molecule has 0 aromatic heterocycles. The van der Waals surface area contributed by atoms with Crippen molar-refractivity contribution in [2.24, 2.45) is 0 Å². The Morgan fingerprint density at radius 2 is 1.94 bits per heavy atom. The lowest BCUT2D eigenvalue weighted by molar-refractivity contribution is 0.0632. The molecule has 6 heteroatoms. The SMILES string of the molecule is CC(C)(C)OC(=O)Nc1ccc(Br)c(C(=O)O)c1. The van der Waals surface area contributed by atoms with Crippen LogP contribution < -0.4 is 5.32 Å². The summed E-state index contributed by atoms with van der Waals surface area (Å²) in [7, 11) is 0. The molecule has 0 aliphatic heterocycles. The highest BCUT2D eigenvalue weighted by Crippen LogP contribution is 2.21. The van der Waals surface area contributed by atoms with Crippen LogP contribution in [0.5, 0.6) is 0 Å². The van der Waals surface area contributed by atoms with E-state index in [4.69, 9.17) is 9.84 Å². The highest BCUT2D eigenvalue weighted by molar-refractivity contribution is 9.10.